The van der Waals surface area contributed by atoms with E-state index in [1.807, 2.05) is 6.07 Å². The summed E-state index contributed by atoms with van der Waals surface area (Å²) in [6.07, 6.45) is 2.66. The summed E-state index contributed by atoms with van der Waals surface area (Å²) in [5.74, 6) is -3.12. The van der Waals surface area contributed by atoms with Crippen LogP contribution in [0.5, 0.6) is 5.88 Å². The van der Waals surface area contributed by atoms with Gasteiger partial charge in [-0.1, -0.05) is 0 Å². The van der Waals surface area contributed by atoms with Gasteiger partial charge in [0.05, 0.1) is 24.7 Å². The van der Waals surface area contributed by atoms with Crippen molar-refractivity contribution < 1.29 is 41.4 Å². The van der Waals surface area contributed by atoms with Crippen molar-refractivity contribution >= 4 is 5.97 Å². The van der Waals surface area contributed by atoms with E-state index in [0.717, 1.165) is 38.9 Å². The minimum absolute atomic E-state index is 0.0641. The van der Waals surface area contributed by atoms with Crippen molar-refractivity contribution in [1.29, 1.82) is 0 Å². The predicted octanol–water partition coefficient (Wildman–Crippen LogP) is 3.65. The molecule has 2 saturated heterocycles. The monoisotopic (exact) mass is 446 g/mol. The maximum Gasteiger partial charge on any atom is 0.490 e. The second-order valence-electron chi connectivity index (χ2n) is 7.48. The molecule has 170 valence electrons. The Kier molecular flexibility index (Phi) is 7.16. The van der Waals surface area contributed by atoms with Crippen LogP contribution in [-0.4, -0.2) is 58.5 Å². The van der Waals surface area contributed by atoms with Gasteiger partial charge in [-0.2, -0.15) is 13.2 Å². The summed E-state index contributed by atoms with van der Waals surface area (Å²) >= 11 is 0. The van der Waals surface area contributed by atoms with Gasteiger partial charge in [-0.3, -0.25) is 4.90 Å². The third-order valence-corrected chi connectivity index (χ3v) is 5.03. The van der Waals surface area contributed by atoms with E-state index in [2.05, 4.69) is 9.88 Å². The third kappa shape index (κ3) is 6.41. The van der Waals surface area contributed by atoms with E-state index >= 15 is 0 Å². The molecule has 0 saturated carbocycles. The highest BCUT2D eigenvalue weighted by Gasteiger charge is 2.44. The number of carboxylic acid groups (broad SMARTS) is 1. The van der Waals surface area contributed by atoms with Gasteiger partial charge < -0.3 is 19.0 Å². The normalized spacial score (nSPS) is 23.9. The lowest BCUT2D eigenvalue weighted by Gasteiger charge is -2.39. The van der Waals surface area contributed by atoms with Gasteiger partial charge in [0.25, 0.3) is 5.88 Å². The zero-order valence-electron chi connectivity index (χ0n) is 16.5. The molecule has 2 aromatic rings. The lowest BCUT2D eigenvalue weighted by Crippen LogP contribution is -2.47. The first-order valence-electron chi connectivity index (χ1n) is 9.61. The molecule has 0 amide bonds. The molecule has 0 radical (unpaired) electrons. The van der Waals surface area contributed by atoms with Crippen LogP contribution in [0.2, 0.25) is 0 Å². The van der Waals surface area contributed by atoms with E-state index in [1.54, 1.807) is 18.6 Å². The first-order chi connectivity index (χ1) is 14.7. The molecule has 11 heteroatoms. The fourth-order valence-electron chi connectivity index (χ4n) is 3.74. The van der Waals surface area contributed by atoms with Crippen molar-refractivity contribution in [2.24, 2.45) is 0 Å². The highest BCUT2D eigenvalue weighted by molar-refractivity contribution is 5.73. The van der Waals surface area contributed by atoms with Gasteiger partial charge in [-0.05, 0) is 37.6 Å². The number of hydrogen-bond acceptors (Lipinski definition) is 6. The minimum atomic E-state index is -5.08. The zero-order valence-corrected chi connectivity index (χ0v) is 16.5. The van der Waals surface area contributed by atoms with Gasteiger partial charge in [0.1, 0.15) is 6.10 Å². The van der Waals surface area contributed by atoms with Gasteiger partial charge >= 0.3 is 12.1 Å². The molecule has 2 atom stereocenters. The third-order valence-electron chi connectivity index (χ3n) is 5.03. The molecular formula is C20H22F4N2O5. The van der Waals surface area contributed by atoms with E-state index in [1.165, 1.54) is 17.8 Å². The number of halogens is 4. The van der Waals surface area contributed by atoms with Crippen molar-refractivity contribution in [2.75, 3.05) is 19.7 Å². The van der Waals surface area contributed by atoms with E-state index in [9.17, 15) is 17.6 Å². The Bertz CT molecular complexity index is 862. The summed E-state index contributed by atoms with van der Waals surface area (Å²) in [4.78, 5) is 15.2. The topological polar surface area (TPSA) is 85.0 Å². The molecule has 4 heterocycles. The van der Waals surface area contributed by atoms with Crippen LogP contribution in [0.1, 0.15) is 24.8 Å². The van der Waals surface area contributed by atoms with Crippen molar-refractivity contribution in [3.63, 3.8) is 0 Å². The van der Waals surface area contributed by atoms with E-state index in [4.69, 9.17) is 23.8 Å². The number of ether oxygens (including phenoxy) is 2. The average molecular weight is 446 g/mol. The molecule has 0 unspecified atom stereocenters. The Labute approximate surface area is 175 Å². The fourth-order valence-corrected chi connectivity index (χ4v) is 3.74. The van der Waals surface area contributed by atoms with Gasteiger partial charge in [-0.15, -0.1) is 0 Å². The molecule has 2 aliphatic heterocycles. The number of hydrogen-bond donors (Lipinski definition) is 1. The Morgan fingerprint density at radius 1 is 1.39 bits per heavy atom. The molecule has 4 rings (SSSR count). The predicted molar refractivity (Wildman–Crippen MR) is 98.8 cm³/mol. The Hall–Kier alpha value is -2.66. The Morgan fingerprint density at radius 2 is 2.16 bits per heavy atom. The SMILES string of the molecule is Fc1cccnc1O[C@H]1CO[C@@]2(CCCN(Cc3ccoc3)C2)C1.O=C(O)C(F)(F)F. The summed E-state index contributed by atoms with van der Waals surface area (Å²) in [6, 6.07) is 4.91. The van der Waals surface area contributed by atoms with E-state index < -0.39 is 18.0 Å². The summed E-state index contributed by atoms with van der Waals surface area (Å²) in [7, 11) is 0. The lowest BCUT2D eigenvalue weighted by molar-refractivity contribution is -0.192. The van der Waals surface area contributed by atoms with Gasteiger partial charge in [0.2, 0.25) is 0 Å². The van der Waals surface area contributed by atoms with Crippen LogP contribution in [0.4, 0.5) is 17.6 Å². The molecular weight excluding hydrogens is 424 g/mol. The number of nitrogens with zero attached hydrogens (tertiary/aromatic N) is 2. The molecule has 7 nitrogen and oxygen atoms in total. The largest absolute Gasteiger partial charge is 0.490 e. The number of alkyl halides is 3. The smallest absolute Gasteiger partial charge is 0.475 e. The number of furan rings is 1. The maximum absolute atomic E-state index is 13.7. The van der Waals surface area contributed by atoms with E-state index in [-0.39, 0.29) is 17.6 Å². The zero-order chi connectivity index (χ0) is 22.5. The van der Waals surface area contributed by atoms with Gasteiger partial charge in [0, 0.05) is 31.3 Å². The van der Waals surface area contributed by atoms with Crippen molar-refractivity contribution in [3.05, 3.63) is 48.3 Å². The van der Waals surface area contributed by atoms with Crippen LogP contribution in [0, 0.1) is 5.82 Å². The van der Waals surface area contributed by atoms with Crippen LogP contribution in [0.25, 0.3) is 0 Å². The number of rotatable bonds is 4. The van der Waals surface area contributed by atoms with Gasteiger partial charge in [-0.25, -0.2) is 14.2 Å². The summed E-state index contributed by atoms with van der Waals surface area (Å²) < 4.78 is 62.4. The number of piperidine rings is 1. The lowest BCUT2D eigenvalue weighted by atomic mass is 9.89. The molecule has 31 heavy (non-hydrogen) atoms. The number of pyridine rings is 1. The van der Waals surface area contributed by atoms with Crippen LogP contribution in [0.3, 0.4) is 0 Å². The van der Waals surface area contributed by atoms with Crippen LogP contribution >= 0.6 is 0 Å². The molecule has 1 spiro atoms. The van der Waals surface area contributed by atoms with Crippen molar-refractivity contribution in [3.8, 4) is 5.88 Å². The average Bonchev–Trinajstić information content (AvgIpc) is 3.34. The maximum atomic E-state index is 13.7. The van der Waals surface area contributed by atoms with Crippen molar-refractivity contribution in [2.45, 2.75) is 43.7 Å². The minimum Gasteiger partial charge on any atom is -0.475 e. The molecule has 1 N–H and O–H groups in total. The second-order valence-corrected chi connectivity index (χ2v) is 7.48. The first kappa shape index (κ1) is 23.0. The van der Waals surface area contributed by atoms with E-state index in [0.29, 0.717) is 6.61 Å². The van der Waals surface area contributed by atoms with Crippen LogP contribution < -0.4 is 4.74 Å². The summed E-state index contributed by atoms with van der Waals surface area (Å²) in [5.41, 5.74) is 0.978. The van der Waals surface area contributed by atoms with Crippen LogP contribution in [-0.2, 0) is 16.1 Å². The number of carboxylic acids is 1. The number of aromatic nitrogens is 1. The number of carbonyl (C=O) groups is 1. The highest BCUT2D eigenvalue weighted by Crippen LogP contribution is 2.36. The number of aliphatic carboxylic acids is 1. The fraction of sp³-hybridized carbons (Fsp3) is 0.500. The highest BCUT2D eigenvalue weighted by atomic mass is 19.4. The first-order valence-corrected chi connectivity index (χ1v) is 9.61. The Balaban J connectivity index is 0.000000339. The standard InChI is InChI=1S/C18H21FN2O3.C2HF3O2/c19-16-3-1-6-20-17(16)24-15-9-18(23-12-15)5-2-7-21(13-18)10-14-4-8-22-11-14;3-2(4,5)1(6)7/h1,3-4,6,8,11,15H,2,5,7,9-10,12-13H2;(H,6,7)/t15-,18+;/m1./s1. The second kappa shape index (κ2) is 9.65. The molecule has 0 aliphatic carbocycles. The molecule has 0 bridgehead atoms. The quantitative estimate of drug-likeness (QED) is 0.718. The molecule has 0 aromatic carbocycles. The molecule has 2 fully saturated rings. The summed E-state index contributed by atoms with van der Waals surface area (Å²) in [5, 5.41) is 7.12. The summed E-state index contributed by atoms with van der Waals surface area (Å²) in [6.45, 7) is 3.26. The van der Waals surface area contributed by atoms with Gasteiger partial charge in [0.15, 0.2) is 5.82 Å². The Morgan fingerprint density at radius 3 is 2.81 bits per heavy atom. The van der Waals surface area contributed by atoms with Crippen molar-refractivity contribution in [1.82, 2.24) is 9.88 Å². The number of likely N-dealkylation sites (tertiary alicyclic amines) is 1. The molecule has 2 aromatic heterocycles. The molecule has 2 aliphatic rings. The van der Waals surface area contributed by atoms with Crippen LogP contribution in [0.15, 0.2) is 41.3 Å².